The Labute approximate surface area is 50.0 Å². The second kappa shape index (κ2) is 9.25. The van der Waals surface area contributed by atoms with Gasteiger partial charge in [-0.05, 0) is 0 Å². The van der Waals surface area contributed by atoms with Crippen LogP contribution in [0, 0.1) is 0 Å². The third-order valence-corrected chi connectivity index (χ3v) is 3.87. The molecule has 0 aromatic rings. The first kappa shape index (κ1) is 9.93. The molecule has 6 heavy (non-hydrogen) atoms. The molecule has 0 N–H and O–H groups in total. The standard InChI is InChI=1S/2C2H5.FH.In/c2*1-2;;/h2*1H2,2H3;1H;. The molecule has 0 atom stereocenters. The maximum atomic E-state index is 2.30. The Kier molecular flexibility index (Phi) is 15.3. The molecule has 0 bridgehead atoms. The molecule has 0 saturated carbocycles. The van der Waals surface area contributed by atoms with Crippen LogP contribution in [0.1, 0.15) is 13.8 Å². The second-order valence-corrected chi connectivity index (χ2v) is 7.41. The Morgan fingerprint density at radius 2 is 1.50 bits per heavy atom. The molecule has 0 heterocycles. The molecule has 0 nitrogen and oxygen atoms in total. The summed E-state index contributed by atoms with van der Waals surface area (Å²) in [7, 11) is 0. The van der Waals surface area contributed by atoms with E-state index in [1.54, 1.807) is 0 Å². The smallest absolute Gasteiger partial charge is 0.269 e. The van der Waals surface area contributed by atoms with Gasteiger partial charge in [0.1, 0.15) is 0 Å². The zero-order valence-electron chi connectivity index (χ0n) is 4.40. The minimum Gasteiger partial charge on any atom is -0.269 e. The van der Waals surface area contributed by atoms with Gasteiger partial charge in [-0.3, -0.25) is 4.70 Å². The summed E-state index contributed by atoms with van der Waals surface area (Å²) in [6, 6.07) is 0. The molecule has 0 aromatic heterocycles. The Hall–Kier alpha value is 0.800. The van der Waals surface area contributed by atoms with Gasteiger partial charge in [-0.2, -0.15) is 0 Å². The molecule has 0 aromatic carbocycles. The topological polar surface area (TPSA) is 0 Å². The number of hydrogen-bond acceptors (Lipinski definition) is 0. The summed E-state index contributed by atoms with van der Waals surface area (Å²) in [4.78, 5) is 0. The van der Waals surface area contributed by atoms with Gasteiger partial charge in [-0.1, -0.05) is 0 Å². The van der Waals surface area contributed by atoms with Crippen molar-refractivity contribution >= 4 is 22.9 Å². The van der Waals surface area contributed by atoms with Gasteiger partial charge >= 0.3 is 45.1 Å². The molecule has 0 spiro atoms. The van der Waals surface area contributed by atoms with Crippen molar-refractivity contribution in [1.82, 2.24) is 0 Å². The summed E-state index contributed by atoms with van der Waals surface area (Å²) >= 11 is 0.0800. The molecule has 0 aliphatic rings. The predicted molar refractivity (Wildman–Crippen MR) is 29.2 cm³/mol. The van der Waals surface area contributed by atoms with Gasteiger partial charge in [0.15, 0.2) is 0 Å². The van der Waals surface area contributed by atoms with E-state index in [4.69, 9.17) is 0 Å². The SMILES string of the molecule is C[CH2][In][CH2]C.F. The number of hydrogen-bond donors (Lipinski definition) is 0. The minimum atomic E-state index is 0. The third kappa shape index (κ3) is 8.84. The average molecular weight is 193 g/mol. The van der Waals surface area contributed by atoms with Crippen LogP contribution in [-0.4, -0.2) is 22.9 Å². The van der Waals surface area contributed by atoms with E-state index in [1.165, 1.54) is 8.35 Å². The van der Waals surface area contributed by atoms with Gasteiger partial charge < -0.3 is 0 Å². The van der Waals surface area contributed by atoms with E-state index in [1.807, 2.05) is 0 Å². The van der Waals surface area contributed by atoms with Crippen molar-refractivity contribution in [2.45, 2.75) is 22.2 Å². The fraction of sp³-hybridized carbons (Fsp3) is 1.00. The van der Waals surface area contributed by atoms with Crippen LogP contribution in [0.15, 0.2) is 0 Å². The summed E-state index contributed by atoms with van der Waals surface area (Å²) in [5, 5.41) is 0. The molecule has 0 unspecified atom stereocenters. The molecule has 0 saturated heterocycles. The summed E-state index contributed by atoms with van der Waals surface area (Å²) in [5.41, 5.74) is 0. The first-order valence-electron chi connectivity index (χ1n) is 2.23. The maximum Gasteiger partial charge on any atom is -0.269 e. The molecule has 0 rings (SSSR count). The van der Waals surface area contributed by atoms with Crippen molar-refractivity contribution in [1.29, 1.82) is 0 Å². The molecule has 0 aliphatic carbocycles. The van der Waals surface area contributed by atoms with E-state index in [2.05, 4.69) is 13.8 Å². The molecule has 1 radical (unpaired) electrons. The molecular weight excluding hydrogens is 182 g/mol. The van der Waals surface area contributed by atoms with Crippen LogP contribution in [-0.2, 0) is 0 Å². The van der Waals surface area contributed by atoms with Gasteiger partial charge in [0.05, 0.1) is 0 Å². The zero-order chi connectivity index (χ0) is 4.12. The van der Waals surface area contributed by atoms with E-state index in [0.717, 1.165) is 0 Å². The Morgan fingerprint density at radius 1 is 1.17 bits per heavy atom. The van der Waals surface area contributed by atoms with Crippen molar-refractivity contribution in [3.8, 4) is 0 Å². The van der Waals surface area contributed by atoms with Crippen molar-refractivity contribution in [3.63, 3.8) is 0 Å². The van der Waals surface area contributed by atoms with Crippen LogP contribution < -0.4 is 0 Å². The largest absolute Gasteiger partial charge is 0.269 e. The van der Waals surface area contributed by atoms with Gasteiger partial charge in [-0.25, -0.2) is 0 Å². The quantitative estimate of drug-likeness (QED) is 0.626. The van der Waals surface area contributed by atoms with E-state index >= 15 is 0 Å². The van der Waals surface area contributed by atoms with Crippen LogP contribution >= 0.6 is 0 Å². The van der Waals surface area contributed by atoms with Crippen LogP contribution in [0.2, 0.25) is 8.35 Å². The minimum absolute atomic E-state index is 0. The van der Waals surface area contributed by atoms with Crippen molar-refractivity contribution in [2.75, 3.05) is 0 Å². The first-order chi connectivity index (χ1) is 2.41. The Balaban J connectivity index is 0. The second-order valence-electron chi connectivity index (χ2n) is 1.11. The normalized spacial score (nSPS) is 6.33. The van der Waals surface area contributed by atoms with E-state index in [0.29, 0.717) is 0 Å². The van der Waals surface area contributed by atoms with E-state index in [-0.39, 0.29) is 27.6 Å². The monoisotopic (exact) mass is 193 g/mol. The van der Waals surface area contributed by atoms with E-state index < -0.39 is 0 Å². The Bertz CT molecular complexity index is 15.0. The summed E-state index contributed by atoms with van der Waals surface area (Å²) < 4.78 is 3.07. The van der Waals surface area contributed by atoms with Gasteiger partial charge in [0.25, 0.3) is 0 Å². The van der Waals surface area contributed by atoms with Gasteiger partial charge in [0.2, 0.25) is 0 Å². The molecule has 37 valence electrons. The molecule has 2 heteroatoms. The number of rotatable bonds is 2. The van der Waals surface area contributed by atoms with Gasteiger partial charge in [-0.15, -0.1) is 0 Å². The van der Waals surface area contributed by atoms with Crippen molar-refractivity contribution < 1.29 is 4.70 Å². The van der Waals surface area contributed by atoms with Crippen molar-refractivity contribution in [3.05, 3.63) is 0 Å². The Morgan fingerprint density at radius 3 is 1.50 bits per heavy atom. The fourth-order valence-corrected chi connectivity index (χ4v) is 1.94. The molecule has 0 amide bonds. The molecular formula is C4H11FIn. The zero-order valence-corrected chi connectivity index (χ0v) is 7.70. The summed E-state index contributed by atoms with van der Waals surface area (Å²) in [6.07, 6.45) is 0. The van der Waals surface area contributed by atoms with Crippen LogP contribution in [0.5, 0.6) is 0 Å². The van der Waals surface area contributed by atoms with Crippen molar-refractivity contribution in [2.24, 2.45) is 0 Å². The fourth-order valence-electron chi connectivity index (χ4n) is 0.289. The van der Waals surface area contributed by atoms with Gasteiger partial charge in [0, 0.05) is 0 Å². The van der Waals surface area contributed by atoms with Crippen LogP contribution in [0.25, 0.3) is 0 Å². The number of halogens is 1. The van der Waals surface area contributed by atoms with E-state index in [9.17, 15) is 0 Å². The average Bonchev–Trinajstić information content (AvgIpc) is 1.41. The maximum absolute atomic E-state index is 2.30. The first-order valence-corrected chi connectivity index (χ1v) is 6.89. The van der Waals surface area contributed by atoms with Crippen LogP contribution in [0.3, 0.4) is 0 Å². The predicted octanol–water partition coefficient (Wildman–Crippen LogP) is 1.72. The summed E-state index contributed by atoms with van der Waals surface area (Å²) in [5.74, 6) is 0. The molecule has 0 fully saturated rings. The third-order valence-electron chi connectivity index (χ3n) is 0.577. The summed E-state index contributed by atoms with van der Waals surface area (Å²) in [6.45, 7) is 4.59. The molecule has 0 aliphatic heterocycles. The van der Waals surface area contributed by atoms with Crippen LogP contribution in [0.4, 0.5) is 4.70 Å².